The molecule has 1 amide bonds. The van der Waals surface area contributed by atoms with Gasteiger partial charge in [-0.25, -0.2) is 4.68 Å². The van der Waals surface area contributed by atoms with Gasteiger partial charge < -0.3 is 10.1 Å². The highest BCUT2D eigenvalue weighted by molar-refractivity contribution is 5.92. The Bertz CT molecular complexity index is 1040. The minimum atomic E-state index is -0.361. The van der Waals surface area contributed by atoms with Crippen molar-refractivity contribution in [2.75, 3.05) is 12.4 Å². The van der Waals surface area contributed by atoms with Gasteiger partial charge in [0.05, 0.1) is 30.1 Å². The van der Waals surface area contributed by atoms with Crippen LogP contribution in [-0.4, -0.2) is 22.8 Å². The van der Waals surface area contributed by atoms with Gasteiger partial charge in [-0.15, -0.1) is 0 Å². The molecule has 1 heterocycles. The fraction of sp³-hybridized carbons (Fsp3) is 0.167. The van der Waals surface area contributed by atoms with Gasteiger partial charge >= 0.3 is 0 Å². The van der Waals surface area contributed by atoms with Crippen molar-refractivity contribution in [1.82, 2.24) is 9.78 Å². The number of carbonyl (C=O) groups is 1. The summed E-state index contributed by atoms with van der Waals surface area (Å²) in [5.41, 5.74) is -0.144. The first-order valence-corrected chi connectivity index (χ1v) is 7.75. The molecule has 1 aromatic heterocycles. The third kappa shape index (κ3) is 3.45. The zero-order chi connectivity index (χ0) is 17.8. The molecule has 0 aliphatic rings. The Morgan fingerprint density at radius 1 is 1.08 bits per heavy atom. The second-order valence-electron chi connectivity index (χ2n) is 5.44. The summed E-state index contributed by atoms with van der Waals surface area (Å²) in [4.78, 5) is 36.6. The number of aromatic amines is 1. The van der Waals surface area contributed by atoms with Crippen molar-refractivity contribution in [3.8, 4) is 5.75 Å². The maximum Gasteiger partial charge on any atom is 0.273 e. The zero-order valence-electron chi connectivity index (χ0n) is 13.6. The van der Waals surface area contributed by atoms with Crippen LogP contribution in [0.1, 0.15) is 6.42 Å². The second-order valence-corrected chi connectivity index (χ2v) is 5.44. The van der Waals surface area contributed by atoms with Crippen LogP contribution in [0.2, 0.25) is 0 Å². The van der Waals surface area contributed by atoms with E-state index in [4.69, 9.17) is 4.74 Å². The van der Waals surface area contributed by atoms with Gasteiger partial charge in [0.1, 0.15) is 5.75 Å². The van der Waals surface area contributed by atoms with Crippen LogP contribution in [0, 0.1) is 0 Å². The van der Waals surface area contributed by atoms with Crippen molar-refractivity contribution in [3.63, 3.8) is 0 Å². The number of ether oxygens (including phenoxy) is 1. The molecule has 0 bridgehead atoms. The number of hydrogen-bond donors (Lipinski definition) is 2. The molecule has 0 saturated heterocycles. The molecule has 2 aromatic carbocycles. The van der Waals surface area contributed by atoms with E-state index in [9.17, 15) is 14.4 Å². The van der Waals surface area contributed by atoms with Crippen molar-refractivity contribution < 1.29 is 9.53 Å². The summed E-state index contributed by atoms with van der Waals surface area (Å²) in [5.74, 6) is 0.262. The number of methoxy groups -OCH3 is 1. The lowest BCUT2D eigenvalue weighted by Gasteiger charge is -2.10. The van der Waals surface area contributed by atoms with Crippen LogP contribution in [0.25, 0.3) is 10.8 Å². The van der Waals surface area contributed by atoms with Crippen LogP contribution in [-0.2, 0) is 11.3 Å². The van der Waals surface area contributed by atoms with Gasteiger partial charge in [-0.1, -0.05) is 24.3 Å². The van der Waals surface area contributed by atoms with E-state index in [1.54, 1.807) is 48.5 Å². The SMILES string of the molecule is COc1ccccc1NC(=O)CCn1[nH]c(=O)c2ccccc2c1=O. The number of nitrogens with one attached hydrogen (secondary N) is 2. The summed E-state index contributed by atoms with van der Waals surface area (Å²) >= 11 is 0. The third-order valence-electron chi connectivity index (χ3n) is 3.83. The molecular formula is C18H17N3O4. The summed E-state index contributed by atoms with van der Waals surface area (Å²) in [7, 11) is 1.52. The van der Waals surface area contributed by atoms with Crippen LogP contribution in [0.4, 0.5) is 5.69 Å². The van der Waals surface area contributed by atoms with Gasteiger partial charge in [0.2, 0.25) is 5.91 Å². The average molecular weight is 339 g/mol. The average Bonchev–Trinajstić information content (AvgIpc) is 2.64. The summed E-state index contributed by atoms with van der Waals surface area (Å²) in [6.07, 6.45) is 0.0340. The van der Waals surface area contributed by atoms with Gasteiger partial charge in [0.15, 0.2) is 0 Å². The highest BCUT2D eigenvalue weighted by atomic mass is 16.5. The fourth-order valence-electron chi connectivity index (χ4n) is 2.58. The molecule has 0 saturated carbocycles. The van der Waals surface area contributed by atoms with E-state index in [-0.39, 0.29) is 30.0 Å². The first kappa shape index (κ1) is 16.5. The number of hydrogen-bond acceptors (Lipinski definition) is 4. The molecular weight excluding hydrogens is 322 g/mol. The number of anilines is 1. The molecule has 3 rings (SSSR count). The predicted molar refractivity (Wildman–Crippen MR) is 95.1 cm³/mol. The van der Waals surface area contributed by atoms with Crippen LogP contribution < -0.4 is 21.2 Å². The predicted octanol–water partition coefficient (Wildman–Crippen LogP) is 1.73. The third-order valence-corrected chi connectivity index (χ3v) is 3.83. The molecule has 0 aliphatic heterocycles. The Morgan fingerprint density at radius 2 is 1.76 bits per heavy atom. The lowest BCUT2D eigenvalue weighted by atomic mass is 10.2. The topological polar surface area (TPSA) is 93.2 Å². The number of H-pyrrole nitrogens is 1. The van der Waals surface area contributed by atoms with E-state index in [1.807, 2.05) is 0 Å². The molecule has 7 heteroatoms. The smallest absolute Gasteiger partial charge is 0.273 e. The molecule has 0 atom stereocenters. The largest absolute Gasteiger partial charge is 0.495 e. The summed E-state index contributed by atoms with van der Waals surface area (Å²) in [6, 6.07) is 13.6. The number of carbonyl (C=O) groups excluding carboxylic acids is 1. The second kappa shape index (κ2) is 7.04. The Balaban J connectivity index is 1.77. The number of para-hydroxylation sites is 2. The minimum absolute atomic E-state index is 0.0340. The Labute approximate surface area is 142 Å². The number of aryl methyl sites for hydroxylation is 1. The molecule has 25 heavy (non-hydrogen) atoms. The Morgan fingerprint density at radius 3 is 2.52 bits per heavy atom. The van der Waals surface area contributed by atoms with Crippen LogP contribution in [0.15, 0.2) is 58.1 Å². The fourth-order valence-corrected chi connectivity index (χ4v) is 2.58. The molecule has 3 aromatic rings. The molecule has 2 N–H and O–H groups in total. The van der Waals surface area contributed by atoms with Gasteiger partial charge in [0, 0.05) is 6.42 Å². The van der Waals surface area contributed by atoms with Gasteiger partial charge in [-0.05, 0) is 24.3 Å². The monoisotopic (exact) mass is 339 g/mol. The maximum absolute atomic E-state index is 12.4. The van der Waals surface area contributed by atoms with E-state index in [0.717, 1.165) is 4.68 Å². The molecule has 7 nitrogen and oxygen atoms in total. The number of fused-ring (bicyclic) bond motifs is 1. The van der Waals surface area contributed by atoms with Crippen molar-refractivity contribution in [3.05, 3.63) is 69.2 Å². The van der Waals surface area contributed by atoms with Crippen LogP contribution in [0.3, 0.4) is 0 Å². The Kier molecular flexibility index (Phi) is 4.65. The highest BCUT2D eigenvalue weighted by Crippen LogP contribution is 2.23. The number of nitrogens with zero attached hydrogens (tertiary/aromatic N) is 1. The van der Waals surface area contributed by atoms with Crippen molar-refractivity contribution in [2.24, 2.45) is 0 Å². The molecule has 0 spiro atoms. The molecule has 0 fully saturated rings. The van der Waals surface area contributed by atoms with Gasteiger partial charge in [-0.2, -0.15) is 0 Å². The van der Waals surface area contributed by atoms with Crippen molar-refractivity contribution in [2.45, 2.75) is 13.0 Å². The number of rotatable bonds is 5. The van der Waals surface area contributed by atoms with E-state index in [1.165, 1.54) is 7.11 Å². The summed E-state index contributed by atoms with van der Waals surface area (Å²) < 4.78 is 6.33. The quantitative estimate of drug-likeness (QED) is 0.740. The standard InChI is InChI=1S/C18H17N3O4/c1-25-15-9-5-4-8-14(15)19-16(22)10-11-21-18(24)13-7-3-2-6-12(13)17(23)20-21/h2-9H,10-11H2,1H3,(H,19,22)(H,20,23). The van der Waals surface area contributed by atoms with Crippen molar-refractivity contribution >= 4 is 22.4 Å². The van der Waals surface area contributed by atoms with E-state index in [0.29, 0.717) is 22.2 Å². The first-order valence-electron chi connectivity index (χ1n) is 7.75. The van der Waals surface area contributed by atoms with E-state index < -0.39 is 0 Å². The van der Waals surface area contributed by atoms with E-state index >= 15 is 0 Å². The van der Waals surface area contributed by atoms with Gasteiger partial charge in [-0.3, -0.25) is 19.5 Å². The van der Waals surface area contributed by atoms with Crippen LogP contribution in [0.5, 0.6) is 5.75 Å². The molecule has 0 radical (unpaired) electrons. The lowest BCUT2D eigenvalue weighted by Crippen LogP contribution is -2.31. The number of aromatic nitrogens is 2. The lowest BCUT2D eigenvalue weighted by molar-refractivity contribution is -0.116. The Hall–Kier alpha value is -3.35. The molecule has 128 valence electrons. The van der Waals surface area contributed by atoms with Gasteiger partial charge in [0.25, 0.3) is 11.1 Å². The maximum atomic E-state index is 12.4. The first-order chi connectivity index (χ1) is 12.1. The summed E-state index contributed by atoms with van der Waals surface area (Å²) in [6.45, 7) is 0.0693. The minimum Gasteiger partial charge on any atom is -0.495 e. The summed E-state index contributed by atoms with van der Waals surface area (Å²) in [5, 5.41) is 5.90. The van der Waals surface area contributed by atoms with Crippen LogP contribution >= 0.6 is 0 Å². The normalized spacial score (nSPS) is 10.6. The number of benzene rings is 2. The van der Waals surface area contributed by atoms with Crippen molar-refractivity contribution in [1.29, 1.82) is 0 Å². The number of amides is 1. The zero-order valence-corrected chi connectivity index (χ0v) is 13.6. The van der Waals surface area contributed by atoms with E-state index in [2.05, 4.69) is 10.4 Å². The molecule has 0 unspecified atom stereocenters. The highest BCUT2D eigenvalue weighted by Gasteiger charge is 2.10. The molecule has 0 aliphatic carbocycles.